The van der Waals surface area contributed by atoms with Gasteiger partial charge in [0.15, 0.2) is 0 Å². The fourth-order valence-corrected chi connectivity index (χ4v) is 1.70. The predicted octanol–water partition coefficient (Wildman–Crippen LogP) is 3.30. The molecular formula is C13H15F4NO2. The summed E-state index contributed by atoms with van der Waals surface area (Å²) in [6, 6.07) is 2.63. The zero-order valence-electron chi connectivity index (χ0n) is 11.0. The van der Waals surface area contributed by atoms with Crippen LogP contribution < -0.4 is 0 Å². The molecule has 1 aromatic rings. The van der Waals surface area contributed by atoms with Gasteiger partial charge < -0.3 is 5.11 Å². The maximum atomic E-state index is 13.6. The number of hydrogen-bond acceptors (Lipinski definition) is 2. The van der Waals surface area contributed by atoms with Crippen molar-refractivity contribution in [2.24, 2.45) is 0 Å². The molecule has 0 atom stereocenters. The van der Waals surface area contributed by atoms with Gasteiger partial charge in [0.2, 0.25) is 0 Å². The molecule has 0 radical (unpaired) electrons. The van der Waals surface area contributed by atoms with Crippen molar-refractivity contribution in [3.05, 3.63) is 35.1 Å². The van der Waals surface area contributed by atoms with Crippen LogP contribution in [0.15, 0.2) is 18.2 Å². The largest absolute Gasteiger partial charge is 0.478 e. The number of carbonyl (C=O) groups is 1. The lowest BCUT2D eigenvalue weighted by molar-refractivity contribution is -0.151. The van der Waals surface area contributed by atoms with Crippen LogP contribution in [0.5, 0.6) is 0 Å². The van der Waals surface area contributed by atoms with E-state index in [4.69, 9.17) is 5.11 Å². The SMILES string of the molecule is CC(C)N(Cc1cc(C(=O)O)ccc1F)CC(F)(F)F. The van der Waals surface area contributed by atoms with Gasteiger partial charge in [-0.3, -0.25) is 4.90 Å². The van der Waals surface area contributed by atoms with E-state index in [1.54, 1.807) is 13.8 Å². The van der Waals surface area contributed by atoms with Crippen LogP contribution in [0, 0.1) is 5.82 Å². The van der Waals surface area contributed by atoms with Crippen LogP contribution in [-0.4, -0.2) is 34.7 Å². The van der Waals surface area contributed by atoms with Crippen LogP contribution in [0.25, 0.3) is 0 Å². The van der Waals surface area contributed by atoms with Gasteiger partial charge in [-0.25, -0.2) is 9.18 Å². The van der Waals surface area contributed by atoms with E-state index in [2.05, 4.69) is 0 Å². The third-order valence-electron chi connectivity index (χ3n) is 2.78. The number of halogens is 4. The summed E-state index contributed by atoms with van der Waals surface area (Å²) in [4.78, 5) is 11.8. The Morgan fingerprint density at radius 1 is 1.35 bits per heavy atom. The number of nitrogens with zero attached hydrogens (tertiary/aromatic N) is 1. The Morgan fingerprint density at radius 3 is 2.40 bits per heavy atom. The van der Waals surface area contributed by atoms with Gasteiger partial charge >= 0.3 is 12.1 Å². The lowest BCUT2D eigenvalue weighted by Gasteiger charge is -2.27. The van der Waals surface area contributed by atoms with Crippen molar-refractivity contribution in [3.8, 4) is 0 Å². The van der Waals surface area contributed by atoms with Crippen LogP contribution in [0.3, 0.4) is 0 Å². The minimum absolute atomic E-state index is 0.0668. The van der Waals surface area contributed by atoms with Crippen molar-refractivity contribution in [1.29, 1.82) is 0 Å². The van der Waals surface area contributed by atoms with Crippen molar-refractivity contribution in [2.45, 2.75) is 32.6 Å². The van der Waals surface area contributed by atoms with Gasteiger partial charge in [-0.1, -0.05) is 0 Å². The highest BCUT2D eigenvalue weighted by Gasteiger charge is 2.32. The molecule has 3 nitrogen and oxygen atoms in total. The molecule has 0 aromatic heterocycles. The molecule has 1 N–H and O–H groups in total. The second-order valence-corrected chi connectivity index (χ2v) is 4.73. The lowest BCUT2D eigenvalue weighted by Crippen LogP contribution is -2.38. The molecule has 1 rings (SSSR count). The summed E-state index contributed by atoms with van der Waals surface area (Å²) in [6.45, 7) is 1.64. The van der Waals surface area contributed by atoms with Gasteiger partial charge in [0.1, 0.15) is 5.82 Å². The molecule has 0 aliphatic heterocycles. The molecule has 0 amide bonds. The molecule has 0 unspecified atom stereocenters. The molecule has 7 heteroatoms. The second kappa shape index (κ2) is 6.21. The van der Waals surface area contributed by atoms with Crippen molar-refractivity contribution >= 4 is 5.97 Å². The Balaban J connectivity index is 2.99. The maximum absolute atomic E-state index is 13.6. The normalized spacial score (nSPS) is 12.2. The topological polar surface area (TPSA) is 40.5 Å². The molecule has 0 fully saturated rings. The van der Waals surface area contributed by atoms with Gasteiger partial charge in [-0.05, 0) is 32.0 Å². The number of carboxylic acid groups (broad SMARTS) is 1. The molecule has 0 saturated heterocycles. The quantitative estimate of drug-likeness (QED) is 0.847. The molecule has 0 saturated carbocycles. The number of aromatic carboxylic acids is 1. The van der Waals surface area contributed by atoms with Crippen molar-refractivity contribution in [3.63, 3.8) is 0 Å². The number of hydrogen-bond donors (Lipinski definition) is 1. The maximum Gasteiger partial charge on any atom is 0.401 e. The van der Waals surface area contributed by atoms with E-state index in [0.29, 0.717) is 0 Å². The summed E-state index contributed by atoms with van der Waals surface area (Å²) in [6.07, 6.45) is -4.40. The third-order valence-corrected chi connectivity index (χ3v) is 2.78. The average molecular weight is 293 g/mol. The molecule has 0 aliphatic rings. The highest BCUT2D eigenvalue weighted by atomic mass is 19.4. The predicted molar refractivity (Wildman–Crippen MR) is 65.0 cm³/mol. The summed E-state index contributed by atoms with van der Waals surface area (Å²) in [5.74, 6) is -1.97. The monoisotopic (exact) mass is 293 g/mol. The molecule has 20 heavy (non-hydrogen) atoms. The standard InChI is InChI=1S/C13H15F4NO2/c1-8(2)18(7-13(15,16)17)6-10-5-9(12(19)20)3-4-11(10)14/h3-5,8H,6-7H2,1-2H3,(H,19,20). The molecule has 0 spiro atoms. The summed E-state index contributed by atoms with van der Waals surface area (Å²) in [5, 5.41) is 8.81. The van der Waals surface area contributed by atoms with E-state index in [-0.39, 0.29) is 17.7 Å². The highest BCUT2D eigenvalue weighted by molar-refractivity contribution is 5.87. The van der Waals surface area contributed by atoms with E-state index in [1.165, 1.54) is 0 Å². The summed E-state index contributed by atoms with van der Waals surface area (Å²) >= 11 is 0. The van der Waals surface area contributed by atoms with E-state index >= 15 is 0 Å². The summed E-state index contributed by atoms with van der Waals surface area (Å²) in [5.41, 5.74) is -0.222. The number of carboxylic acids is 1. The van der Waals surface area contributed by atoms with Gasteiger partial charge in [0.05, 0.1) is 12.1 Å². The van der Waals surface area contributed by atoms with Crippen LogP contribution in [0.1, 0.15) is 29.8 Å². The van der Waals surface area contributed by atoms with E-state index in [1.807, 2.05) is 0 Å². The Bertz CT molecular complexity index is 486. The van der Waals surface area contributed by atoms with E-state index in [0.717, 1.165) is 23.1 Å². The third kappa shape index (κ3) is 4.80. The van der Waals surface area contributed by atoms with Gasteiger partial charge in [-0.2, -0.15) is 13.2 Å². The molecular weight excluding hydrogens is 278 g/mol. The van der Waals surface area contributed by atoms with Crippen molar-refractivity contribution < 1.29 is 27.5 Å². The molecule has 112 valence electrons. The summed E-state index contributed by atoms with van der Waals surface area (Å²) < 4.78 is 50.9. The first kappa shape index (κ1) is 16.4. The van der Waals surface area contributed by atoms with Gasteiger partial charge in [0.25, 0.3) is 0 Å². The molecule has 1 aromatic carbocycles. The van der Waals surface area contributed by atoms with E-state index < -0.39 is 30.5 Å². The van der Waals surface area contributed by atoms with E-state index in [9.17, 15) is 22.4 Å². The number of rotatable bonds is 5. The Morgan fingerprint density at radius 2 is 1.95 bits per heavy atom. The minimum atomic E-state index is -4.40. The van der Waals surface area contributed by atoms with Crippen LogP contribution in [0.4, 0.5) is 17.6 Å². The zero-order chi connectivity index (χ0) is 15.5. The summed E-state index contributed by atoms with van der Waals surface area (Å²) in [7, 11) is 0. The van der Waals surface area contributed by atoms with Crippen LogP contribution in [-0.2, 0) is 6.54 Å². The second-order valence-electron chi connectivity index (χ2n) is 4.73. The van der Waals surface area contributed by atoms with Gasteiger partial charge in [-0.15, -0.1) is 0 Å². The number of benzene rings is 1. The highest BCUT2D eigenvalue weighted by Crippen LogP contribution is 2.21. The smallest absolute Gasteiger partial charge is 0.401 e. The van der Waals surface area contributed by atoms with Crippen molar-refractivity contribution in [1.82, 2.24) is 4.90 Å². The lowest BCUT2D eigenvalue weighted by atomic mass is 10.1. The fraction of sp³-hybridized carbons (Fsp3) is 0.462. The Hall–Kier alpha value is -1.63. The zero-order valence-corrected chi connectivity index (χ0v) is 11.0. The first-order valence-corrected chi connectivity index (χ1v) is 5.92. The minimum Gasteiger partial charge on any atom is -0.478 e. The van der Waals surface area contributed by atoms with Gasteiger partial charge in [0, 0.05) is 18.2 Å². The Labute approximate surface area is 113 Å². The Kier molecular flexibility index (Phi) is 5.10. The first-order valence-electron chi connectivity index (χ1n) is 5.92. The van der Waals surface area contributed by atoms with Crippen LogP contribution in [0.2, 0.25) is 0 Å². The molecule has 0 bridgehead atoms. The average Bonchev–Trinajstić information content (AvgIpc) is 2.28. The number of alkyl halides is 3. The fourth-order valence-electron chi connectivity index (χ4n) is 1.70. The molecule has 0 aliphatic carbocycles. The molecule has 0 heterocycles. The van der Waals surface area contributed by atoms with Crippen molar-refractivity contribution in [2.75, 3.05) is 6.54 Å². The van der Waals surface area contributed by atoms with Crippen LogP contribution >= 0.6 is 0 Å². The first-order chi connectivity index (χ1) is 9.10.